The minimum atomic E-state index is 0.126. The van der Waals surface area contributed by atoms with Gasteiger partial charge in [0.15, 0.2) is 0 Å². The Labute approximate surface area is 130 Å². The molecule has 4 heterocycles. The summed E-state index contributed by atoms with van der Waals surface area (Å²) in [6.45, 7) is 4.00. The minimum Gasteiger partial charge on any atom is -0.492 e. The smallest absolute Gasteiger partial charge is 0.230 e. The lowest BCUT2D eigenvalue weighted by molar-refractivity contribution is 0.280. The van der Waals surface area contributed by atoms with Crippen molar-refractivity contribution in [2.24, 2.45) is 0 Å². The van der Waals surface area contributed by atoms with Gasteiger partial charge >= 0.3 is 0 Å². The number of fused-ring (bicyclic) bond motifs is 1. The van der Waals surface area contributed by atoms with E-state index in [0.29, 0.717) is 5.82 Å². The molecule has 1 unspecified atom stereocenters. The van der Waals surface area contributed by atoms with Crippen LogP contribution in [0.1, 0.15) is 34.5 Å². The molecule has 0 aliphatic carbocycles. The molecule has 1 aliphatic rings. The van der Waals surface area contributed by atoms with Crippen LogP contribution in [0.3, 0.4) is 0 Å². The topological polar surface area (TPSA) is 53.7 Å². The van der Waals surface area contributed by atoms with Crippen LogP contribution in [-0.4, -0.2) is 37.7 Å². The summed E-state index contributed by atoms with van der Waals surface area (Å²) < 4.78 is 1.56. The van der Waals surface area contributed by atoms with Gasteiger partial charge in [-0.25, -0.2) is 4.98 Å². The van der Waals surface area contributed by atoms with Crippen LogP contribution in [0.25, 0.3) is 4.96 Å². The molecular weight excluding hydrogens is 304 g/mol. The fraction of sp³-hybridized carbons (Fsp3) is 0.429. The van der Waals surface area contributed by atoms with Crippen molar-refractivity contribution >= 4 is 27.6 Å². The highest BCUT2D eigenvalue weighted by molar-refractivity contribution is 7.17. The van der Waals surface area contributed by atoms with Crippen LogP contribution in [0.15, 0.2) is 17.5 Å². The van der Waals surface area contributed by atoms with E-state index in [1.165, 1.54) is 17.7 Å². The van der Waals surface area contributed by atoms with Crippen molar-refractivity contribution in [1.82, 2.24) is 19.5 Å². The molecule has 0 aromatic carbocycles. The van der Waals surface area contributed by atoms with Gasteiger partial charge in [-0.05, 0) is 44.3 Å². The van der Waals surface area contributed by atoms with Gasteiger partial charge in [-0.15, -0.1) is 16.4 Å². The van der Waals surface area contributed by atoms with Crippen LogP contribution in [0.2, 0.25) is 0 Å². The number of rotatable bonds is 3. The lowest BCUT2D eigenvalue weighted by atomic mass is 10.2. The zero-order chi connectivity index (χ0) is 14.4. The number of nitrogens with zero attached hydrogens (tertiary/aromatic N) is 4. The lowest BCUT2D eigenvalue weighted by Gasteiger charge is -2.25. The zero-order valence-electron chi connectivity index (χ0n) is 11.7. The third-order valence-corrected chi connectivity index (χ3v) is 5.87. The second-order valence-electron chi connectivity index (χ2n) is 5.30. The summed E-state index contributed by atoms with van der Waals surface area (Å²) in [5, 5.41) is 16.9. The molecule has 1 atom stereocenters. The number of hydrogen-bond acceptors (Lipinski definition) is 6. The maximum absolute atomic E-state index is 10.6. The first-order valence-electron chi connectivity index (χ1n) is 7.06. The van der Waals surface area contributed by atoms with Crippen LogP contribution in [0.4, 0.5) is 0 Å². The van der Waals surface area contributed by atoms with Crippen LogP contribution >= 0.6 is 22.7 Å². The van der Waals surface area contributed by atoms with E-state index in [4.69, 9.17) is 0 Å². The van der Waals surface area contributed by atoms with Gasteiger partial charge in [0.1, 0.15) is 5.82 Å². The van der Waals surface area contributed by atoms with Gasteiger partial charge in [-0.2, -0.15) is 4.52 Å². The highest BCUT2D eigenvalue weighted by atomic mass is 32.1. The number of aromatic nitrogens is 3. The van der Waals surface area contributed by atoms with Crippen molar-refractivity contribution in [2.45, 2.75) is 25.8 Å². The summed E-state index contributed by atoms with van der Waals surface area (Å²) in [5.41, 5.74) is 0. The summed E-state index contributed by atoms with van der Waals surface area (Å²) >= 11 is 3.28. The number of aromatic hydroxyl groups is 1. The number of likely N-dealkylation sites (tertiary alicyclic amines) is 1. The molecule has 0 saturated carbocycles. The Hall–Kier alpha value is -1.44. The third-order valence-electron chi connectivity index (χ3n) is 3.87. The average Bonchev–Trinajstić information content (AvgIpc) is 3.20. The Kier molecular flexibility index (Phi) is 3.20. The highest BCUT2D eigenvalue weighted by Crippen LogP contribution is 2.42. The summed E-state index contributed by atoms with van der Waals surface area (Å²) in [6.07, 6.45) is 2.45. The predicted molar refractivity (Wildman–Crippen MR) is 84.2 cm³/mol. The Morgan fingerprint density at radius 3 is 2.81 bits per heavy atom. The van der Waals surface area contributed by atoms with Crippen LogP contribution in [0, 0.1) is 6.92 Å². The van der Waals surface area contributed by atoms with E-state index in [9.17, 15) is 5.11 Å². The summed E-state index contributed by atoms with van der Waals surface area (Å²) in [4.78, 5) is 9.82. The molecular formula is C14H16N4OS2. The van der Waals surface area contributed by atoms with E-state index < -0.39 is 0 Å². The fourth-order valence-electron chi connectivity index (χ4n) is 2.95. The molecule has 5 nitrogen and oxygen atoms in total. The number of thiazole rings is 1. The van der Waals surface area contributed by atoms with E-state index in [1.54, 1.807) is 27.2 Å². The SMILES string of the molecule is Cc1nc2sc(C(c3cccs3)N3CCCC3)c(O)n2n1. The van der Waals surface area contributed by atoms with Crippen molar-refractivity contribution in [3.8, 4) is 5.88 Å². The van der Waals surface area contributed by atoms with Gasteiger partial charge in [0.25, 0.3) is 0 Å². The molecule has 1 fully saturated rings. The van der Waals surface area contributed by atoms with Crippen molar-refractivity contribution in [3.05, 3.63) is 33.1 Å². The Balaban J connectivity index is 1.84. The van der Waals surface area contributed by atoms with Crippen molar-refractivity contribution < 1.29 is 5.11 Å². The van der Waals surface area contributed by atoms with Gasteiger partial charge in [0.05, 0.1) is 10.9 Å². The van der Waals surface area contributed by atoms with Crippen molar-refractivity contribution in [1.29, 1.82) is 0 Å². The van der Waals surface area contributed by atoms with E-state index in [2.05, 4.69) is 32.5 Å². The number of hydrogen-bond donors (Lipinski definition) is 1. The van der Waals surface area contributed by atoms with Crippen molar-refractivity contribution in [2.75, 3.05) is 13.1 Å². The first kappa shape index (κ1) is 13.2. The van der Waals surface area contributed by atoms with Gasteiger partial charge in [-0.3, -0.25) is 4.90 Å². The molecule has 3 aromatic rings. The van der Waals surface area contributed by atoms with Crippen LogP contribution in [0.5, 0.6) is 5.88 Å². The largest absolute Gasteiger partial charge is 0.492 e. The monoisotopic (exact) mass is 320 g/mol. The minimum absolute atomic E-state index is 0.126. The van der Waals surface area contributed by atoms with E-state index >= 15 is 0 Å². The van der Waals surface area contributed by atoms with Crippen LogP contribution in [-0.2, 0) is 0 Å². The molecule has 110 valence electrons. The fourth-order valence-corrected chi connectivity index (χ4v) is 5.04. The highest BCUT2D eigenvalue weighted by Gasteiger charge is 2.31. The summed E-state index contributed by atoms with van der Waals surface area (Å²) in [5.74, 6) is 0.929. The molecule has 21 heavy (non-hydrogen) atoms. The Morgan fingerprint density at radius 1 is 1.33 bits per heavy atom. The number of aryl methyl sites for hydroxylation is 1. The van der Waals surface area contributed by atoms with Crippen molar-refractivity contribution in [3.63, 3.8) is 0 Å². The van der Waals surface area contributed by atoms with E-state index in [1.807, 2.05) is 6.92 Å². The lowest BCUT2D eigenvalue weighted by Crippen LogP contribution is -2.25. The van der Waals surface area contributed by atoms with Gasteiger partial charge < -0.3 is 5.11 Å². The second-order valence-corrected chi connectivity index (χ2v) is 7.29. The molecule has 0 amide bonds. The molecule has 7 heteroatoms. The molecule has 0 spiro atoms. The summed E-state index contributed by atoms with van der Waals surface area (Å²) in [7, 11) is 0. The van der Waals surface area contributed by atoms with Crippen LogP contribution < -0.4 is 0 Å². The van der Waals surface area contributed by atoms with E-state index in [0.717, 1.165) is 22.9 Å². The third kappa shape index (κ3) is 2.16. The van der Waals surface area contributed by atoms with E-state index in [-0.39, 0.29) is 11.9 Å². The maximum atomic E-state index is 10.6. The molecule has 0 radical (unpaired) electrons. The summed E-state index contributed by atoms with van der Waals surface area (Å²) in [6, 6.07) is 4.34. The zero-order valence-corrected chi connectivity index (χ0v) is 13.3. The Morgan fingerprint density at radius 2 is 2.14 bits per heavy atom. The maximum Gasteiger partial charge on any atom is 0.230 e. The average molecular weight is 320 g/mol. The Bertz CT molecular complexity index is 755. The molecule has 1 aliphatic heterocycles. The van der Waals surface area contributed by atoms with Gasteiger partial charge in [-0.1, -0.05) is 17.4 Å². The molecule has 4 rings (SSSR count). The molecule has 1 saturated heterocycles. The second kappa shape index (κ2) is 5.08. The molecule has 1 N–H and O–H groups in total. The first-order chi connectivity index (χ1) is 10.2. The standard InChI is InChI=1S/C14H16N4OS2/c1-9-15-14-18(16-9)13(19)12(21-14)11(10-5-4-8-20-10)17-6-2-3-7-17/h4-5,8,11,19H,2-3,6-7H2,1H3. The van der Waals surface area contributed by atoms with Gasteiger partial charge in [0, 0.05) is 4.88 Å². The first-order valence-corrected chi connectivity index (χ1v) is 8.76. The molecule has 0 bridgehead atoms. The molecule has 3 aromatic heterocycles. The van der Waals surface area contributed by atoms with Gasteiger partial charge in [0.2, 0.25) is 10.8 Å². The predicted octanol–water partition coefficient (Wildman–Crippen LogP) is 3.05. The number of thiophene rings is 1. The normalized spacial score (nSPS) is 17.8. The quantitative estimate of drug-likeness (QED) is 0.806.